The molecule has 0 saturated heterocycles. The van der Waals surface area contributed by atoms with E-state index in [1.807, 2.05) is 6.92 Å². The van der Waals surface area contributed by atoms with Crippen molar-refractivity contribution in [3.63, 3.8) is 0 Å². The van der Waals surface area contributed by atoms with Gasteiger partial charge < -0.3 is 9.15 Å². The fourth-order valence-corrected chi connectivity index (χ4v) is 2.03. The van der Waals surface area contributed by atoms with Gasteiger partial charge in [-0.2, -0.15) is 5.26 Å². The fourth-order valence-electron chi connectivity index (χ4n) is 2.03. The molecule has 2 rings (SSSR count). The predicted molar refractivity (Wildman–Crippen MR) is 90.2 cm³/mol. The van der Waals surface area contributed by atoms with Crippen LogP contribution in [0.25, 0.3) is 17.4 Å². The van der Waals surface area contributed by atoms with E-state index in [4.69, 9.17) is 14.4 Å². The highest BCUT2D eigenvalue weighted by atomic mass is 16.6. The van der Waals surface area contributed by atoms with Crippen molar-refractivity contribution in [3.05, 3.63) is 57.8 Å². The molecule has 0 N–H and O–H groups in total. The summed E-state index contributed by atoms with van der Waals surface area (Å²) in [5.41, 5.74) is 0.0145. The molecule has 0 bridgehead atoms. The highest BCUT2D eigenvalue weighted by Gasteiger charge is 2.18. The third-order valence-corrected chi connectivity index (χ3v) is 3.50. The molecular weight excluding hydrogens is 324 g/mol. The predicted octanol–water partition coefficient (Wildman–Crippen LogP) is 4.10. The van der Waals surface area contributed by atoms with Crippen LogP contribution in [-0.2, 0) is 9.53 Å². The maximum absolute atomic E-state index is 11.9. The summed E-state index contributed by atoms with van der Waals surface area (Å²) in [7, 11) is 0. The largest absolute Gasteiger partial charge is 0.459 e. The van der Waals surface area contributed by atoms with E-state index in [9.17, 15) is 14.9 Å². The average molecular weight is 340 g/mol. The van der Waals surface area contributed by atoms with Gasteiger partial charge in [-0.15, -0.1) is 0 Å². The third kappa shape index (κ3) is 4.32. The zero-order valence-electron chi connectivity index (χ0n) is 13.8. The van der Waals surface area contributed by atoms with Crippen LogP contribution in [0.2, 0.25) is 0 Å². The molecule has 0 aliphatic heterocycles. The number of rotatable bonds is 6. The molecule has 0 radical (unpaired) electrons. The Morgan fingerprint density at radius 3 is 2.76 bits per heavy atom. The fraction of sp³-hybridized carbons (Fsp3) is 0.222. The van der Waals surface area contributed by atoms with Crippen molar-refractivity contribution < 1.29 is 18.9 Å². The maximum Gasteiger partial charge on any atom is 0.349 e. The molecule has 2 aromatic rings. The van der Waals surface area contributed by atoms with Crippen molar-refractivity contribution >= 4 is 17.7 Å². The number of hydrogen-bond acceptors (Lipinski definition) is 6. The number of hydrogen-bond donors (Lipinski definition) is 0. The lowest BCUT2D eigenvalue weighted by Gasteiger charge is -2.09. The summed E-state index contributed by atoms with van der Waals surface area (Å²) in [6.07, 6.45) is 1.58. The quantitative estimate of drug-likeness (QED) is 0.257. The number of nitro benzene ring substituents is 1. The monoisotopic (exact) mass is 340 g/mol. The van der Waals surface area contributed by atoms with Crippen molar-refractivity contribution in [2.45, 2.75) is 26.4 Å². The lowest BCUT2D eigenvalue weighted by Crippen LogP contribution is -2.15. The number of ether oxygens (including phenoxy) is 1. The zero-order chi connectivity index (χ0) is 18.4. The van der Waals surface area contributed by atoms with E-state index < -0.39 is 10.9 Å². The second-order valence-electron chi connectivity index (χ2n) is 5.27. The minimum absolute atomic E-state index is 0.0935. The van der Waals surface area contributed by atoms with Crippen molar-refractivity contribution in [1.82, 2.24) is 0 Å². The second kappa shape index (κ2) is 7.93. The van der Waals surface area contributed by atoms with Crippen LogP contribution in [0.4, 0.5) is 5.69 Å². The first-order valence-corrected chi connectivity index (χ1v) is 7.62. The van der Waals surface area contributed by atoms with Gasteiger partial charge in [0.25, 0.3) is 5.69 Å². The zero-order valence-corrected chi connectivity index (χ0v) is 13.8. The number of furan rings is 1. The van der Waals surface area contributed by atoms with Crippen molar-refractivity contribution in [2.24, 2.45) is 0 Å². The Kier molecular flexibility index (Phi) is 5.69. The van der Waals surface area contributed by atoms with Crippen LogP contribution in [0.1, 0.15) is 26.0 Å². The first kappa shape index (κ1) is 17.9. The van der Waals surface area contributed by atoms with Crippen LogP contribution in [-0.4, -0.2) is 17.0 Å². The molecule has 25 heavy (non-hydrogen) atoms. The number of nitro groups is 1. The summed E-state index contributed by atoms with van der Waals surface area (Å²) >= 11 is 0. The minimum atomic E-state index is -0.736. The van der Waals surface area contributed by atoms with E-state index in [0.29, 0.717) is 12.0 Å². The van der Waals surface area contributed by atoms with Crippen LogP contribution in [0.5, 0.6) is 0 Å². The number of esters is 1. The molecular formula is C18H16N2O5. The van der Waals surface area contributed by atoms with Gasteiger partial charge in [-0.3, -0.25) is 10.1 Å². The number of nitrogens with zero attached hydrogens (tertiary/aromatic N) is 2. The molecule has 1 aromatic carbocycles. The molecule has 128 valence electrons. The Morgan fingerprint density at radius 2 is 2.12 bits per heavy atom. The number of carbonyl (C=O) groups is 1. The molecule has 0 saturated carbocycles. The molecule has 1 aromatic heterocycles. The van der Waals surface area contributed by atoms with Gasteiger partial charge in [-0.1, -0.05) is 19.1 Å². The van der Waals surface area contributed by atoms with Crippen molar-refractivity contribution in [3.8, 4) is 17.4 Å². The van der Waals surface area contributed by atoms with E-state index in [1.165, 1.54) is 18.2 Å². The molecule has 0 aliphatic rings. The minimum Gasteiger partial charge on any atom is -0.459 e. The van der Waals surface area contributed by atoms with E-state index in [0.717, 1.165) is 0 Å². The standard InChI is InChI=1S/C18H16N2O5/c1-3-12(2)24-18(21)13(11-19)10-14-8-9-17(25-14)15-6-4-5-7-16(15)20(22)23/h4-10,12H,3H2,1-2H3/b13-10+. The number of para-hydroxylation sites is 1. The number of carbonyl (C=O) groups excluding carboxylic acids is 1. The van der Waals surface area contributed by atoms with Crippen LogP contribution in [0, 0.1) is 21.4 Å². The Labute approximate surface area is 144 Å². The van der Waals surface area contributed by atoms with Gasteiger partial charge in [-0.05, 0) is 31.5 Å². The van der Waals surface area contributed by atoms with Gasteiger partial charge in [0.2, 0.25) is 0 Å². The van der Waals surface area contributed by atoms with Gasteiger partial charge in [0, 0.05) is 12.1 Å². The number of nitriles is 1. The first-order valence-electron chi connectivity index (χ1n) is 7.62. The summed E-state index contributed by atoms with van der Waals surface area (Å²) in [5.74, 6) is -0.238. The Balaban J connectivity index is 2.31. The van der Waals surface area contributed by atoms with E-state index >= 15 is 0 Å². The Morgan fingerprint density at radius 1 is 1.40 bits per heavy atom. The summed E-state index contributed by atoms with van der Waals surface area (Å²) in [6, 6.07) is 11.0. The van der Waals surface area contributed by atoms with Crippen LogP contribution < -0.4 is 0 Å². The third-order valence-electron chi connectivity index (χ3n) is 3.50. The molecule has 0 amide bonds. The molecule has 7 heteroatoms. The maximum atomic E-state index is 11.9. The topological polar surface area (TPSA) is 106 Å². The van der Waals surface area contributed by atoms with Crippen molar-refractivity contribution in [1.29, 1.82) is 5.26 Å². The molecule has 1 heterocycles. The van der Waals surface area contributed by atoms with Gasteiger partial charge >= 0.3 is 5.97 Å². The smallest absolute Gasteiger partial charge is 0.349 e. The first-order chi connectivity index (χ1) is 12.0. The lowest BCUT2D eigenvalue weighted by molar-refractivity contribution is -0.384. The average Bonchev–Trinajstić information content (AvgIpc) is 3.07. The second-order valence-corrected chi connectivity index (χ2v) is 5.27. The summed E-state index contributed by atoms with van der Waals surface area (Å²) in [6.45, 7) is 3.59. The highest BCUT2D eigenvalue weighted by Crippen LogP contribution is 2.31. The van der Waals surface area contributed by atoms with E-state index in [2.05, 4.69) is 0 Å². The molecule has 0 aliphatic carbocycles. The number of benzene rings is 1. The molecule has 0 spiro atoms. The van der Waals surface area contributed by atoms with E-state index in [-0.39, 0.29) is 28.9 Å². The summed E-state index contributed by atoms with van der Waals surface area (Å²) in [4.78, 5) is 22.5. The van der Waals surface area contributed by atoms with Crippen LogP contribution in [0.3, 0.4) is 0 Å². The van der Waals surface area contributed by atoms with Gasteiger partial charge in [0.15, 0.2) is 0 Å². The Hall–Kier alpha value is -3.40. The van der Waals surface area contributed by atoms with Crippen molar-refractivity contribution in [2.75, 3.05) is 0 Å². The van der Waals surface area contributed by atoms with Crippen LogP contribution >= 0.6 is 0 Å². The van der Waals surface area contributed by atoms with Gasteiger partial charge in [0.05, 0.1) is 16.6 Å². The summed E-state index contributed by atoms with van der Waals surface area (Å²) < 4.78 is 10.6. The highest BCUT2D eigenvalue weighted by molar-refractivity contribution is 5.97. The SMILES string of the molecule is CCC(C)OC(=O)/C(C#N)=C/c1ccc(-c2ccccc2[N+](=O)[O-])o1. The van der Waals surface area contributed by atoms with E-state index in [1.54, 1.807) is 37.3 Å². The summed E-state index contributed by atoms with van der Waals surface area (Å²) in [5, 5.41) is 20.2. The van der Waals surface area contributed by atoms with Crippen LogP contribution in [0.15, 0.2) is 46.4 Å². The lowest BCUT2D eigenvalue weighted by atomic mass is 10.1. The molecule has 7 nitrogen and oxygen atoms in total. The van der Waals surface area contributed by atoms with Gasteiger partial charge in [0.1, 0.15) is 23.2 Å². The van der Waals surface area contributed by atoms with Gasteiger partial charge in [-0.25, -0.2) is 4.79 Å². The molecule has 0 fully saturated rings. The Bertz CT molecular complexity index is 860. The molecule has 1 unspecified atom stereocenters. The molecule has 1 atom stereocenters. The normalized spacial score (nSPS) is 12.3.